The Morgan fingerprint density at radius 2 is 2.08 bits per heavy atom. The summed E-state index contributed by atoms with van der Waals surface area (Å²) in [6, 6.07) is 8.24. The van der Waals surface area contributed by atoms with E-state index in [9.17, 15) is 4.79 Å². The molecule has 1 unspecified atom stereocenters. The highest BCUT2D eigenvalue weighted by Crippen LogP contribution is 2.39. The third kappa shape index (κ3) is 2.61. The molecule has 2 aliphatic rings. The molecular weight excluding hydrogens is 342 g/mol. The van der Waals surface area contributed by atoms with Crippen molar-refractivity contribution in [2.75, 3.05) is 11.9 Å². The lowest BCUT2D eigenvalue weighted by molar-refractivity contribution is -0.936. The number of anilines is 1. The van der Waals surface area contributed by atoms with E-state index in [0.29, 0.717) is 11.1 Å². The first-order valence-corrected chi connectivity index (χ1v) is 9.55. The average Bonchev–Trinajstić information content (AvgIpc) is 2.92. The summed E-state index contributed by atoms with van der Waals surface area (Å²) in [7, 11) is 0. The summed E-state index contributed by atoms with van der Waals surface area (Å²) in [4.78, 5) is 15.7. The minimum atomic E-state index is -0.271. The fourth-order valence-corrected chi connectivity index (χ4v) is 5.14. The van der Waals surface area contributed by atoms with Crippen molar-refractivity contribution < 1.29 is 9.69 Å². The summed E-state index contributed by atoms with van der Waals surface area (Å²) >= 11 is 8.03. The van der Waals surface area contributed by atoms with Gasteiger partial charge in [0.25, 0.3) is 5.91 Å². The highest BCUT2D eigenvalue weighted by molar-refractivity contribution is 7.16. The van der Waals surface area contributed by atoms with E-state index in [1.165, 1.54) is 10.4 Å². The maximum absolute atomic E-state index is 12.7. The fraction of sp³-hybridized carbons (Fsp3) is 0.389. The van der Waals surface area contributed by atoms with Gasteiger partial charge in [-0.1, -0.05) is 29.8 Å². The van der Waals surface area contributed by atoms with Gasteiger partial charge in [-0.2, -0.15) is 0 Å². The smallest absolute Gasteiger partial charge is 0.256 e. The highest BCUT2D eigenvalue weighted by Gasteiger charge is 2.35. The Kier molecular flexibility index (Phi) is 4.03. The molecule has 0 radical (unpaired) electrons. The molecule has 0 saturated carbocycles. The van der Waals surface area contributed by atoms with Gasteiger partial charge in [0.05, 0.1) is 23.0 Å². The molecule has 0 spiro atoms. The predicted molar refractivity (Wildman–Crippen MR) is 98.0 cm³/mol. The molecule has 2 atom stereocenters. The molecule has 1 aromatic carbocycles. The molecule has 2 aromatic rings. The Labute approximate surface area is 150 Å². The summed E-state index contributed by atoms with van der Waals surface area (Å²) in [6.07, 6.45) is 0.702. The number of rotatable bonds is 2. The van der Waals surface area contributed by atoms with Crippen LogP contribution in [-0.2, 0) is 13.0 Å². The standard InChI is InChI=1S/C18H20ClN3OS/c1-10(2)22-8-7-12-14(9-22)24-18-15(12)17(23)20-16(21-18)11-5-3-4-6-13(11)19/h3-6,10,16,21H,7-9H2,1-2H3,(H,20,23)/p+1/t16-/m1/s1. The van der Waals surface area contributed by atoms with Crippen molar-refractivity contribution in [3.05, 3.63) is 50.9 Å². The van der Waals surface area contributed by atoms with Crippen molar-refractivity contribution in [1.29, 1.82) is 0 Å². The molecule has 1 amide bonds. The Morgan fingerprint density at radius 1 is 1.29 bits per heavy atom. The van der Waals surface area contributed by atoms with Crippen molar-refractivity contribution in [3.8, 4) is 0 Å². The number of fused-ring (bicyclic) bond motifs is 3. The van der Waals surface area contributed by atoms with Gasteiger partial charge in [0.1, 0.15) is 17.7 Å². The van der Waals surface area contributed by atoms with Crippen LogP contribution in [0.1, 0.15) is 46.4 Å². The predicted octanol–water partition coefficient (Wildman–Crippen LogP) is 2.61. The van der Waals surface area contributed by atoms with Crippen LogP contribution in [0.15, 0.2) is 24.3 Å². The van der Waals surface area contributed by atoms with Crippen LogP contribution in [0.2, 0.25) is 5.02 Å². The Bertz CT molecular complexity index is 802. The molecule has 4 rings (SSSR count). The number of carbonyl (C=O) groups is 1. The maximum atomic E-state index is 12.7. The molecule has 0 bridgehead atoms. The summed E-state index contributed by atoms with van der Waals surface area (Å²) in [5, 5.41) is 8.19. The van der Waals surface area contributed by atoms with Crippen LogP contribution in [0.4, 0.5) is 5.00 Å². The van der Waals surface area contributed by atoms with Crippen LogP contribution in [0.25, 0.3) is 0 Å². The fourth-order valence-electron chi connectivity index (χ4n) is 3.57. The van der Waals surface area contributed by atoms with Gasteiger partial charge in [-0.3, -0.25) is 4.79 Å². The maximum Gasteiger partial charge on any atom is 0.256 e. The molecule has 4 nitrogen and oxygen atoms in total. The first kappa shape index (κ1) is 15.9. The third-order valence-electron chi connectivity index (χ3n) is 4.99. The second kappa shape index (κ2) is 6.06. The molecule has 126 valence electrons. The molecule has 0 saturated heterocycles. The second-order valence-corrected chi connectivity index (χ2v) is 8.28. The van der Waals surface area contributed by atoms with Crippen LogP contribution < -0.4 is 15.5 Å². The van der Waals surface area contributed by atoms with Gasteiger partial charge in [-0.15, -0.1) is 11.3 Å². The van der Waals surface area contributed by atoms with E-state index in [4.69, 9.17) is 11.6 Å². The zero-order valence-electron chi connectivity index (χ0n) is 13.8. The molecule has 0 fully saturated rings. The lowest BCUT2D eigenvalue weighted by Crippen LogP contribution is -3.14. The summed E-state index contributed by atoms with van der Waals surface area (Å²) in [5.41, 5.74) is 2.99. The van der Waals surface area contributed by atoms with Crippen LogP contribution in [-0.4, -0.2) is 18.5 Å². The van der Waals surface area contributed by atoms with Crippen LogP contribution >= 0.6 is 22.9 Å². The number of amides is 1. The number of hydrogen-bond acceptors (Lipinski definition) is 3. The van der Waals surface area contributed by atoms with Crippen molar-refractivity contribution >= 4 is 33.8 Å². The van der Waals surface area contributed by atoms with Gasteiger partial charge in [0.2, 0.25) is 0 Å². The molecular formula is C18H21ClN3OS+. The number of nitrogens with one attached hydrogen (secondary N) is 3. The number of halogens is 1. The van der Waals surface area contributed by atoms with Crippen LogP contribution in [0.3, 0.4) is 0 Å². The monoisotopic (exact) mass is 362 g/mol. The number of benzene rings is 1. The van der Waals surface area contributed by atoms with Crippen molar-refractivity contribution in [2.45, 2.75) is 39.0 Å². The van der Waals surface area contributed by atoms with Crippen molar-refractivity contribution in [2.24, 2.45) is 0 Å². The zero-order chi connectivity index (χ0) is 16.8. The summed E-state index contributed by atoms with van der Waals surface area (Å²) in [5.74, 6) is 0.0131. The molecule has 3 heterocycles. The normalized spacial score (nSPS) is 22.6. The largest absolute Gasteiger partial charge is 0.353 e. The third-order valence-corrected chi connectivity index (χ3v) is 6.49. The van der Waals surface area contributed by atoms with E-state index >= 15 is 0 Å². The van der Waals surface area contributed by atoms with E-state index < -0.39 is 0 Å². The van der Waals surface area contributed by atoms with Gasteiger partial charge in [0, 0.05) is 17.0 Å². The summed E-state index contributed by atoms with van der Waals surface area (Å²) < 4.78 is 0. The van der Waals surface area contributed by atoms with E-state index in [-0.39, 0.29) is 12.1 Å². The summed E-state index contributed by atoms with van der Waals surface area (Å²) in [6.45, 7) is 6.61. The number of thiophene rings is 1. The quantitative estimate of drug-likeness (QED) is 0.769. The molecule has 3 N–H and O–H groups in total. The van der Waals surface area contributed by atoms with Gasteiger partial charge in [0.15, 0.2) is 0 Å². The number of quaternary nitrogens is 1. The van der Waals surface area contributed by atoms with Gasteiger partial charge in [-0.25, -0.2) is 0 Å². The molecule has 24 heavy (non-hydrogen) atoms. The molecule has 6 heteroatoms. The molecule has 2 aliphatic heterocycles. The van der Waals surface area contributed by atoms with Crippen molar-refractivity contribution in [1.82, 2.24) is 5.32 Å². The zero-order valence-corrected chi connectivity index (χ0v) is 15.4. The van der Waals surface area contributed by atoms with E-state index in [1.807, 2.05) is 24.3 Å². The minimum absolute atomic E-state index is 0.0131. The van der Waals surface area contributed by atoms with Gasteiger partial charge < -0.3 is 15.5 Å². The van der Waals surface area contributed by atoms with Crippen LogP contribution in [0, 0.1) is 0 Å². The van der Waals surface area contributed by atoms with Gasteiger partial charge >= 0.3 is 0 Å². The number of carbonyl (C=O) groups excluding carboxylic acids is 1. The Balaban J connectivity index is 1.68. The van der Waals surface area contributed by atoms with Crippen molar-refractivity contribution in [3.63, 3.8) is 0 Å². The highest BCUT2D eigenvalue weighted by atomic mass is 35.5. The second-order valence-electron chi connectivity index (χ2n) is 6.77. The Morgan fingerprint density at radius 3 is 2.83 bits per heavy atom. The van der Waals surface area contributed by atoms with E-state index in [1.54, 1.807) is 16.2 Å². The number of hydrogen-bond donors (Lipinski definition) is 3. The first-order chi connectivity index (χ1) is 11.5. The van der Waals surface area contributed by atoms with E-state index in [0.717, 1.165) is 35.6 Å². The van der Waals surface area contributed by atoms with Gasteiger partial charge in [-0.05, 0) is 25.5 Å². The van der Waals surface area contributed by atoms with Crippen LogP contribution in [0.5, 0.6) is 0 Å². The minimum Gasteiger partial charge on any atom is -0.353 e. The first-order valence-electron chi connectivity index (χ1n) is 8.35. The lowest BCUT2D eigenvalue weighted by Gasteiger charge is -2.29. The average molecular weight is 363 g/mol. The Hall–Kier alpha value is -1.56. The molecule has 1 aromatic heterocycles. The molecule has 0 aliphatic carbocycles. The lowest BCUT2D eigenvalue weighted by atomic mass is 9.99. The SMILES string of the molecule is CC(C)[NH+]1CCc2c(sc3c2C(=O)N[C@@H](c2ccccc2Cl)N3)C1. The topological polar surface area (TPSA) is 45.6 Å². The van der Waals surface area contributed by atoms with E-state index in [2.05, 4.69) is 24.5 Å².